The van der Waals surface area contributed by atoms with Crippen LogP contribution >= 0.6 is 0 Å². The Morgan fingerprint density at radius 3 is 2.94 bits per heavy atom. The van der Waals surface area contributed by atoms with Crippen molar-refractivity contribution < 1.29 is 14.6 Å². The van der Waals surface area contributed by atoms with Gasteiger partial charge in [0.25, 0.3) is 0 Å². The van der Waals surface area contributed by atoms with Crippen LogP contribution in [0.4, 0.5) is 0 Å². The number of nitrogens with one attached hydrogen (secondary N) is 2. The molecule has 0 fully saturated rings. The Kier molecular flexibility index (Phi) is 5.30. The summed E-state index contributed by atoms with van der Waals surface area (Å²) < 4.78 is 4.93. The molecule has 6 nitrogen and oxygen atoms in total. The van der Waals surface area contributed by atoms with Crippen molar-refractivity contribution in [2.24, 2.45) is 0 Å². The molecule has 0 unspecified atom stereocenters. The van der Waals surface area contributed by atoms with E-state index < -0.39 is 5.97 Å². The number of ether oxygens (including phenoxy) is 1. The number of rotatable bonds is 7. The van der Waals surface area contributed by atoms with Crippen LogP contribution in [0.25, 0.3) is 0 Å². The van der Waals surface area contributed by atoms with E-state index in [-0.39, 0.29) is 12.1 Å². The Balaban J connectivity index is 2.63. The summed E-state index contributed by atoms with van der Waals surface area (Å²) in [6.07, 6.45) is 2.24. The van der Waals surface area contributed by atoms with Crippen molar-refractivity contribution in [1.29, 1.82) is 0 Å². The Morgan fingerprint density at radius 1 is 1.61 bits per heavy atom. The summed E-state index contributed by atoms with van der Waals surface area (Å²) >= 11 is 0. The van der Waals surface area contributed by atoms with Gasteiger partial charge in [0.2, 0.25) is 0 Å². The molecule has 1 heterocycles. The average Bonchev–Trinajstić information content (AvgIpc) is 2.75. The van der Waals surface area contributed by atoms with E-state index in [1.54, 1.807) is 13.1 Å². The first-order valence-corrected chi connectivity index (χ1v) is 6.05. The van der Waals surface area contributed by atoms with Crippen molar-refractivity contribution in [2.75, 3.05) is 13.2 Å². The van der Waals surface area contributed by atoms with E-state index in [9.17, 15) is 4.79 Å². The minimum atomic E-state index is -0.397. The number of aromatic nitrogens is 2. The smallest absolute Gasteiger partial charge is 0.356 e. The molecule has 0 aliphatic heterocycles. The lowest BCUT2D eigenvalue weighted by Gasteiger charge is -2.25. The lowest BCUT2D eigenvalue weighted by atomic mass is 10.0. The molecule has 3 N–H and O–H groups in total. The molecule has 0 bridgehead atoms. The van der Waals surface area contributed by atoms with Crippen LogP contribution in [0.2, 0.25) is 0 Å². The molecule has 1 aromatic heterocycles. The normalized spacial score (nSPS) is 11.6. The Hall–Kier alpha value is -1.40. The predicted molar refractivity (Wildman–Crippen MR) is 67.2 cm³/mol. The second kappa shape index (κ2) is 6.51. The Bertz CT molecular complexity index is 388. The van der Waals surface area contributed by atoms with Crippen molar-refractivity contribution in [1.82, 2.24) is 15.5 Å². The number of H-pyrrole nitrogens is 1. The fourth-order valence-electron chi connectivity index (χ4n) is 1.53. The molecule has 1 aromatic rings. The molecule has 0 saturated heterocycles. The first-order valence-electron chi connectivity index (χ1n) is 6.05. The van der Waals surface area contributed by atoms with Crippen LogP contribution in [0, 0.1) is 0 Å². The lowest BCUT2D eigenvalue weighted by molar-refractivity contribution is 0.0517. The molecule has 6 heteroatoms. The van der Waals surface area contributed by atoms with E-state index in [2.05, 4.69) is 15.5 Å². The maximum Gasteiger partial charge on any atom is 0.356 e. The topological polar surface area (TPSA) is 87.2 Å². The molecule has 1 rings (SSSR count). The van der Waals surface area contributed by atoms with E-state index in [1.807, 2.05) is 13.8 Å². The van der Waals surface area contributed by atoms with Gasteiger partial charge in [-0.25, -0.2) is 4.79 Å². The molecule has 0 radical (unpaired) electrons. The highest BCUT2D eigenvalue weighted by molar-refractivity contribution is 5.88. The number of nitrogens with zero attached hydrogens (tertiary/aromatic N) is 1. The maximum absolute atomic E-state index is 11.6. The highest BCUT2D eigenvalue weighted by Gasteiger charge is 2.19. The number of hydrogen-bond acceptors (Lipinski definition) is 5. The molecule has 0 atom stereocenters. The largest absolute Gasteiger partial charge is 0.461 e. The quantitative estimate of drug-likeness (QED) is 0.628. The zero-order chi connectivity index (χ0) is 13.6. The third-order valence-corrected chi connectivity index (χ3v) is 2.69. The van der Waals surface area contributed by atoms with Gasteiger partial charge in [0.05, 0.1) is 12.8 Å². The SMILES string of the molecule is CCOC(=O)c1[nH]ncc1CNC(C)(C)CCO. The number of aliphatic hydroxyl groups excluding tert-OH is 1. The summed E-state index contributed by atoms with van der Waals surface area (Å²) in [6, 6.07) is 0. The fraction of sp³-hybridized carbons (Fsp3) is 0.667. The van der Waals surface area contributed by atoms with Gasteiger partial charge in [0.1, 0.15) is 5.69 Å². The van der Waals surface area contributed by atoms with Gasteiger partial charge in [-0.15, -0.1) is 0 Å². The lowest BCUT2D eigenvalue weighted by Crippen LogP contribution is -2.39. The van der Waals surface area contributed by atoms with Gasteiger partial charge in [0.15, 0.2) is 0 Å². The van der Waals surface area contributed by atoms with Crippen molar-refractivity contribution in [3.8, 4) is 0 Å². The van der Waals surface area contributed by atoms with Crippen molar-refractivity contribution in [2.45, 2.75) is 39.3 Å². The van der Waals surface area contributed by atoms with Gasteiger partial charge in [-0.2, -0.15) is 5.10 Å². The summed E-state index contributed by atoms with van der Waals surface area (Å²) in [5, 5.41) is 18.7. The van der Waals surface area contributed by atoms with Crippen LogP contribution in [0.3, 0.4) is 0 Å². The van der Waals surface area contributed by atoms with E-state index >= 15 is 0 Å². The number of esters is 1. The first kappa shape index (κ1) is 14.7. The molecule has 102 valence electrons. The van der Waals surface area contributed by atoms with E-state index in [0.717, 1.165) is 5.56 Å². The third-order valence-electron chi connectivity index (χ3n) is 2.69. The summed E-state index contributed by atoms with van der Waals surface area (Å²) in [6.45, 7) is 6.70. The van der Waals surface area contributed by atoms with Crippen LogP contribution in [-0.4, -0.2) is 40.0 Å². The summed E-state index contributed by atoms with van der Waals surface area (Å²) in [5.41, 5.74) is 0.946. The van der Waals surface area contributed by atoms with Gasteiger partial charge in [-0.05, 0) is 27.2 Å². The molecule has 0 spiro atoms. The van der Waals surface area contributed by atoms with Crippen LogP contribution in [0.15, 0.2) is 6.20 Å². The fourth-order valence-corrected chi connectivity index (χ4v) is 1.53. The van der Waals surface area contributed by atoms with Crippen molar-refractivity contribution in [3.63, 3.8) is 0 Å². The molecular weight excluding hydrogens is 234 g/mol. The minimum Gasteiger partial charge on any atom is -0.461 e. The van der Waals surface area contributed by atoms with Gasteiger partial charge >= 0.3 is 5.97 Å². The van der Waals surface area contributed by atoms with Gasteiger partial charge in [-0.1, -0.05) is 0 Å². The molecule has 18 heavy (non-hydrogen) atoms. The zero-order valence-corrected chi connectivity index (χ0v) is 11.1. The second-order valence-electron chi connectivity index (χ2n) is 4.70. The Labute approximate surface area is 107 Å². The monoisotopic (exact) mass is 255 g/mol. The molecule has 0 amide bonds. The van der Waals surface area contributed by atoms with Crippen molar-refractivity contribution in [3.05, 3.63) is 17.5 Å². The second-order valence-corrected chi connectivity index (χ2v) is 4.70. The number of aliphatic hydroxyl groups is 1. The first-order chi connectivity index (χ1) is 8.50. The van der Waals surface area contributed by atoms with Crippen LogP contribution < -0.4 is 5.32 Å². The van der Waals surface area contributed by atoms with Gasteiger partial charge < -0.3 is 15.2 Å². The number of carbonyl (C=O) groups excluding carboxylic acids is 1. The van der Waals surface area contributed by atoms with Crippen LogP contribution in [-0.2, 0) is 11.3 Å². The Morgan fingerprint density at radius 2 is 2.33 bits per heavy atom. The molecule has 0 aromatic carbocycles. The van der Waals surface area contributed by atoms with E-state index in [4.69, 9.17) is 9.84 Å². The third kappa shape index (κ3) is 4.12. The zero-order valence-electron chi connectivity index (χ0n) is 11.1. The number of carbonyl (C=O) groups is 1. The summed E-state index contributed by atoms with van der Waals surface area (Å²) in [4.78, 5) is 11.6. The molecule has 0 aliphatic carbocycles. The minimum absolute atomic E-state index is 0.121. The summed E-state index contributed by atoms with van der Waals surface area (Å²) in [5.74, 6) is -0.397. The molecular formula is C12H21N3O3. The van der Waals surface area contributed by atoms with Gasteiger partial charge in [0, 0.05) is 24.3 Å². The maximum atomic E-state index is 11.6. The standard InChI is InChI=1S/C12H21N3O3/c1-4-18-11(17)10-9(8-14-15-10)7-13-12(2,3)5-6-16/h8,13,16H,4-7H2,1-3H3,(H,14,15). The number of hydrogen-bond donors (Lipinski definition) is 3. The van der Waals surface area contributed by atoms with E-state index in [1.165, 1.54) is 0 Å². The molecule has 0 saturated carbocycles. The average molecular weight is 255 g/mol. The van der Waals surface area contributed by atoms with Crippen LogP contribution in [0.1, 0.15) is 43.2 Å². The predicted octanol–water partition coefficient (Wildman–Crippen LogP) is 0.837. The molecule has 0 aliphatic rings. The van der Waals surface area contributed by atoms with E-state index in [0.29, 0.717) is 25.3 Å². The van der Waals surface area contributed by atoms with Gasteiger partial charge in [-0.3, -0.25) is 5.10 Å². The highest BCUT2D eigenvalue weighted by atomic mass is 16.5. The number of aromatic amines is 1. The summed E-state index contributed by atoms with van der Waals surface area (Å²) in [7, 11) is 0. The highest BCUT2D eigenvalue weighted by Crippen LogP contribution is 2.11. The van der Waals surface area contributed by atoms with Crippen LogP contribution in [0.5, 0.6) is 0 Å². The van der Waals surface area contributed by atoms with Crippen molar-refractivity contribution >= 4 is 5.97 Å².